The number of hydrogen-bond donors (Lipinski definition) is 2. The fourth-order valence-corrected chi connectivity index (χ4v) is 4.70. The second-order valence-corrected chi connectivity index (χ2v) is 9.24. The van der Waals surface area contributed by atoms with E-state index in [1.54, 1.807) is 12.1 Å². The Labute approximate surface area is 198 Å². The zero-order valence-electron chi connectivity index (χ0n) is 18.5. The molecule has 0 saturated carbocycles. The van der Waals surface area contributed by atoms with Crippen LogP contribution in [-0.2, 0) is 27.4 Å². The van der Waals surface area contributed by atoms with Gasteiger partial charge in [-0.3, -0.25) is 9.69 Å². The van der Waals surface area contributed by atoms with E-state index >= 15 is 0 Å². The summed E-state index contributed by atoms with van der Waals surface area (Å²) in [5, 5.41) is 13.9. The summed E-state index contributed by atoms with van der Waals surface area (Å²) in [6.07, 6.45) is 0.879. The molecule has 6 nitrogen and oxygen atoms in total. The van der Waals surface area contributed by atoms with Crippen molar-refractivity contribution in [2.45, 2.75) is 56.7 Å². The van der Waals surface area contributed by atoms with Crippen molar-refractivity contribution in [1.29, 1.82) is 0 Å². The number of nitrogens with one attached hydrogen (secondary N) is 1. The number of amides is 1. The van der Waals surface area contributed by atoms with E-state index < -0.39 is 6.10 Å². The number of hydrogen-bond acceptors (Lipinski definition) is 5. The van der Waals surface area contributed by atoms with Crippen LogP contribution < -0.4 is 5.32 Å². The molecule has 0 radical (unpaired) electrons. The number of β-amino-alcohol motifs (C(OH)–C–C–N with tert-alkyl or cyclic N) is 1. The molecule has 178 valence electrons. The second-order valence-electron chi connectivity index (χ2n) is 8.80. The predicted molar refractivity (Wildman–Crippen MR) is 123 cm³/mol. The maximum atomic E-state index is 13.3. The Bertz CT molecular complexity index is 929. The van der Waals surface area contributed by atoms with Crippen LogP contribution in [0.2, 0.25) is 5.02 Å². The highest BCUT2D eigenvalue weighted by molar-refractivity contribution is 6.30. The number of benzene rings is 2. The molecule has 33 heavy (non-hydrogen) atoms. The van der Waals surface area contributed by atoms with Crippen LogP contribution in [0, 0.1) is 5.82 Å². The van der Waals surface area contributed by atoms with Gasteiger partial charge in [0.1, 0.15) is 5.82 Å². The van der Waals surface area contributed by atoms with Crippen LogP contribution in [0.15, 0.2) is 48.5 Å². The molecule has 0 aromatic heterocycles. The molecule has 8 heteroatoms. The van der Waals surface area contributed by atoms with E-state index in [9.17, 15) is 14.3 Å². The average Bonchev–Trinajstić information content (AvgIpc) is 2.78. The first kappa shape index (κ1) is 24.1. The summed E-state index contributed by atoms with van der Waals surface area (Å²) < 4.78 is 25.3. The third-order valence-corrected chi connectivity index (χ3v) is 6.43. The standard InChI is InChI=1S/C25H30ClFN2O4/c26-19-6-4-17(5-7-19)13-29-14-21(30)15-32-16-24-23(29)9-8-22(33-24)11-25(31)28-12-18-2-1-3-20(27)10-18/h1-7,10,21-24,30H,8-9,11-16H2,(H,28,31)/t21-,22+,23-,24+/m0/s1. The van der Waals surface area contributed by atoms with Gasteiger partial charge in [0.2, 0.25) is 5.91 Å². The Morgan fingerprint density at radius 3 is 2.76 bits per heavy atom. The SMILES string of the molecule is O=C(C[C@H]1CC[C@H]2[C@@H](COC[C@@H](O)CN2Cc2ccc(Cl)cc2)O1)NCc1cccc(F)c1. The number of ether oxygens (including phenoxy) is 2. The molecule has 2 aliphatic rings. The number of fused-ring (bicyclic) bond motifs is 1. The van der Waals surface area contributed by atoms with E-state index in [2.05, 4.69) is 10.2 Å². The summed E-state index contributed by atoms with van der Waals surface area (Å²) >= 11 is 6.02. The van der Waals surface area contributed by atoms with Crippen LogP contribution in [0.3, 0.4) is 0 Å². The first-order valence-corrected chi connectivity index (χ1v) is 11.7. The lowest BCUT2D eigenvalue weighted by atomic mass is 9.94. The maximum Gasteiger partial charge on any atom is 0.222 e. The quantitative estimate of drug-likeness (QED) is 0.669. The largest absolute Gasteiger partial charge is 0.389 e. The van der Waals surface area contributed by atoms with Gasteiger partial charge >= 0.3 is 0 Å². The van der Waals surface area contributed by atoms with E-state index in [1.807, 2.05) is 24.3 Å². The average molecular weight is 477 g/mol. The van der Waals surface area contributed by atoms with Crippen molar-refractivity contribution in [1.82, 2.24) is 10.2 Å². The summed E-state index contributed by atoms with van der Waals surface area (Å²) in [6.45, 7) is 2.08. The van der Waals surface area contributed by atoms with Gasteiger partial charge in [-0.25, -0.2) is 4.39 Å². The minimum Gasteiger partial charge on any atom is -0.389 e. The minimum atomic E-state index is -0.565. The Hall–Kier alpha value is -2.03. The van der Waals surface area contributed by atoms with Crippen LogP contribution in [0.25, 0.3) is 0 Å². The minimum absolute atomic E-state index is 0.0854. The molecular formula is C25H30ClFN2O4. The van der Waals surface area contributed by atoms with E-state index in [0.29, 0.717) is 24.7 Å². The van der Waals surface area contributed by atoms with E-state index in [1.165, 1.54) is 12.1 Å². The molecule has 0 bridgehead atoms. The monoisotopic (exact) mass is 476 g/mol. The van der Waals surface area contributed by atoms with Gasteiger partial charge in [-0.05, 0) is 48.2 Å². The summed E-state index contributed by atoms with van der Waals surface area (Å²) in [6, 6.07) is 14.0. The lowest BCUT2D eigenvalue weighted by molar-refractivity contribution is -0.158. The number of aliphatic hydroxyl groups excluding tert-OH is 1. The van der Waals surface area contributed by atoms with Crippen LogP contribution in [0.5, 0.6) is 0 Å². The third kappa shape index (κ3) is 6.98. The van der Waals surface area contributed by atoms with Gasteiger partial charge in [0.05, 0.1) is 37.9 Å². The Morgan fingerprint density at radius 1 is 1.15 bits per heavy atom. The van der Waals surface area contributed by atoms with Crippen molar-refractivity contribution in [2.24, 2.45) is 0 Å². The number of aliphatic hydroxyl groups is 1. The molecule has 1 amide bonds. The lowest BCUT2D eigenvalue weighted by Crippen LogP contribution is -2.55. The summed E-state index contributed by atoms with van der Waals surface area (Å²) in [7, 11) is 0. The first-order chi connectivity index (χ1) is 16.0. The maximum absolute atomic E-state index is 13.3. The van der Waals surface area contributed by atoms with E-state index in [-0.39, 0.29) is 49.5 Å². The molecule has 4 atom stereocenters. The van der Waals surface area contributed by atoms with Gasteiger partial charge in [-0.1, -0.05) is 35.9 Å². The lowest BCUT2D eigenvalue weighted by Gasteiger charge is -2.44. The molecule has 0 spiro atoms. The summed E-state index contributed by atoms with van der Waals surface area (Å²) in [5.74, 6) is -0.441. The molecule has 2 N–H and O–H groups in total. The molecule has 2 saturated heterocycles. The van der Waals surface area contributed by atoms with Gasteiger partial charge in [-0.2, -0.15) is 0 Å². The number of carbonyl (C=O) groups is 1. The molecule has 2 aromatic rings. The van der Waals surface area contributed by atoms with Crippen LogP contribution in [-0.4, -0.2) is 60.0 Å². The Kier molecular flexibility index (Phi) is 8.33. The van der Waals surface area contributed by atoms with Crippen LogP contribution >= 0.6 is 11.6 Å². The smallest absolute Gasteiger partial charge is 0.222 e. The van der Waals surface area contributed by atoms with Gasteiger partial charge in [0.15, 0.2) is 0 Å². The van der Waals surface area contributed by atoms with Gasteiger partial charge < -0.3 is 19.9 Å². The van der Waals surface area contributed by atoms with Crippen LogP contribution in [0.4, 0.5) is 4.39 Å². The van der Waals surface area contributed by atoms with Gasteiger partial charge in [0.25, 0.3) is 0 Å². The molecule has 0 unspecified atom stereocenters. The summed E-state index contributed by atoms with van der Waals surface area (Å²) in [4.78, 5) is 14.7. The number of rotatable bonds is 6. The molecule has 2 aromatic carbocycles. The Balaban J connectivity index is 1.34. The number of halogens is 2. The van der Waals surface area contributed by atoms with Crippen molar-refractivity contribution in [3.05, 3.63) is 70.5 Å². The predicted octanol–water partition coefficient (Wildman–Crippen LogP) is 3.29. The highest BCUT2D eigenvalue weighted by Gasteiger charge is 2.38. The molecule has 2 aliphatic heterocycles. The van der Waals surface area contributed by atoms with Crippen molar-refractivity contribution in [3.63, 3.8) is 0 Å². The van der Waals surface area contributed by atoms with Gasteiger partial charge in [-0.15, -0.1) is 0 Å². The molecule has 0 aliphatic carbocycles. The van der Waals surface area contributed by atoms with Crippen molar-refractivity contribution < 1.29 is 23.8 Å². The van der Waals surface area contributed by atoms with E-state index in [0.717, 1.165) is 24.0 Å². The first-order valence-electron chi connectivity index (χ1n) is 11.4. The second kappa shape index (κ2) is 11.4. The van der Waals surface area contributed by atoms with Gasteiger partial charge in [0, 0.05) is 30.7 Å². The van der Waals surface area contributed by atoms with Crippen molar-refractivity contribution in [2.75, 3.05) is 19.8 Å². The topological polar surface area (TPSA) is 71.0 Å². The molecule has 4 rings (SSSR count). The fraction of sp³-hybridized carbons (Fsp3) is 0.480. The normalized spacial score (nSPS) is 26.2. The zero-order chi connectivity index (χ0) is 23.2. The fourth-order valence-electron chi connectivity index (χ4n) is 4.58. The van der Waals surface area contributed by atoms with Crippen LogP contribution in [0.1, 0.15) is 30.4 Å². The Morgan fingerprint density at radius 2 is 1.97 bits per heavy atom. The zero-order valence-corrected chi connectivity index (χ0v) is 19.2. The van der Waals surface area contributed by atoms with E-state index in [4.69, 9.17) is 21.1 Å². The number of carbonyl (C=O) groups excluding carboxylic acids is 1. The summed E-state index contributed by atoms with van der Waals surface area (Å²) in [5.41, 5.74) is 1.84. The highest BCUT2D eigenvalue weighted by atomic mass is 35.5. The molecular weight excluding hydrogens is 447 g/mol. The molecule has 2 fully saturated rings. The van der Waals surface area contributed by atoms with Crippen molar-refractivity contribution in [3.8, 4) is 0 Å². The molecule has 2 heterocycles. The highest BCUT2D eigenvalue weighted by Crippen LogP contribution is 2.29. The number of nitrogens with zero attached hydrogens (tertiary/aromatic N) is 1. The third-order valence-electron chi connectivity index (χ3n) is 6.18. The van der Waals surface area contributed by atoms with Crippen molar-refractivity contribution >= 4 is 17.5 Å².